The third kappa shape index (κ3) is 6.06. The minimum absolute atomic E-state index is 0.145. The number of benzene rings is 3. The van der Waals surface area contributed by atoms with Crippen LogP contribution >= 0.6 is 0 Å². The van der Waals surface area contributed by atoms with Gasteiger partial charge in [0.25, 0.3) is 5.91 Å². The molecule has 2 aliphatic heterocycles. The highest BCUT2D eigenvalue weighted by atomic mass is 19.1. The largest absolute Gasteiger partial charge is 0.438 e. The SMILES string of the molecule is Cc1cc(-n2nc3c(c2-n2ccn(-c4ccc5cnncc5c4)c2=O)CN(C(=O)c2cc4cc([C@H]5CCOC(C)(C)C5)ccc4n2C2(c4noc(=O)[nH]4)CC2)CC3)cc(C)c1F. The molecule has 1 aliphatic carbocycles. The molecular weight excluding hydrogens is 792 g/mol. The summed E-state index contributed by atoms with van der Waals surface area (Å²) in [6.45, 7) is 8.83. The number of halogens is 1. The number of aryl methyl sites for hydroxylation is 2. The van der Waals surface area contributed by atoms with Crippen LogP contribution in [0, 0.1) is 19.7 Å². The van der Waals surface area contributed by atoms with Gasteiger partial charge < -0.3 is 14.2 Å². The first-order chi connectivity index (χ1) is 29.9. The van der Waals surface area contributed by atoms with Crippen LogP contribution in [-0.2, 0) is 23.2 Å². The number of carbonyl (C=O) groups excluding carboxylic acids is 1. The highest BCUT2D eigenvalue weighted by Crippen LogP contribution is 2.51. The van der Waals surface area contributed by atoms with Gasteiger partial charge in [0, 0.05) is 59.2 Å². The van der Waals surface area contributed by atoms with Gasteiger partial charge in [-0.05, 0) is 118 Å². The smallest absolute Gasteiger partial charge is 0.376 e. The molecule has 11 rings (SSSR count). The predicted molar refractivity (Wildman–Crippen MR) is 227 cm³/mol. The molecule has 5 aromatic heterocycles. The Labute approximate surface area is 353 Å². The molecule has 8 aromatic rings. The fourth-order valence-electron chi connectivity index (χ4n) is 9.77. The number of H-pyrrole nitrogens is 1. The van der Waals surface area contributed by atoms with Gasteiger partial charge in [0.05, 0.1) is 41.6 Å². The molecule has 314 valence electrons. The molecule has 1 amide bonds. The lowest BCUT2D eigenvalue weighted by Gasteiger charge is -2.35. The minimum atomic E-state index is -0.776. The number of hydrogen-bond acceptors (Lipinski definition) is 9. The fraction of sp³-hybridized carbons (Fsp3) is 0.326. The van der Waals surface area contributed by atoms with Crippen LogP contribution in [0.15, 0.2) is 93.5 Å². The Hall–Kier alpha value is -6.94. The lowest BCUT2D eigenvalue weighted by molar-refractivity contribution is -0.0592. The van der Waals surface area contributed by atoms with Crippen LogP contribution in [-0.4, -0.2) is 73.4 Å². The zero-order chi connectivity index (χ0) is 42.7. The van der Waals surface area contributed by atoms with E-state index in [-0.39, 0.29) is 29.6 Å². The van der Waals surface area contributed by atoms with E-state index in [0.717, 1.165) is 40.2 Å². The van der Waals surface area contributed by atoms with Crippen LogP contribution < -0.4 is 11.4 Å². The van der Waals surface area contributed by atoms with Crippen molar-refractivity contribution in [2.24, 2.45) is 0 Å². The summed E-state index contributed by atoms with van der Waals surface area (Å²) in [5.74, 6) is -0.0441. The number of aromatic nitrogens is 9. The van der Waals surface area contributed by atoms with Crippen molar-refractivity contribution in [3.63, 3.8) is 0 Å². The molecule has 1 saturated heterocycles. The predicted octanol–water partition coefficient (Wildman–Crippen LogP) is 6.55. The van der Waals surface area contributed by atoms with E-state index >= 15 is 9.18 Å². The van der Waals surface area contributed by atoms with Crippen molar-refractivity contribution in [2.45, 2.75) is 83.4 Å². The molecule has 3 aromatic carbocycles. The van der Waals surface area contributed by atoms with Gasteiger partial charge in [-0.15, -0.1) is 0 Å². The topological polar surface area (TPSA) is 164 Å². The minimum Gasteiger partial charge on any atom is -0.376 e. The van der Waals surface area contributed by atoms with Crippen LogP contribution in [0.5, 0.6) is 0 Å². The van der Waals surface area contributed by atoms with Gasteiger partial charge in [-0.25, -0.2) is 18.7 Å². The quantitative estimate of drug-likeness (QED) is 0.188. The summed E-state index contributed by atoms with van der Waals surface area (Å²) < 4.78 is 32.9. The van der Waals surface area contributed by atoms with Crippen LogP contribution in [0.1, 0.15) is 89.7 Å². The van der Waals surface area contributed by atoms with E-state index in [1.807, 2.05) is 28.8 Å². The van der Waals surface area contributed by atoms with Crippen molar-refractivity contribution >= 4 is 27.6 Å². The molecule has 0 spiro atoms. The van der Waals surface area contributed by atoms with Gasteiger partial charge in [-0.2, -0.15) is 15.3 Å². The molecule has 3 aliphatic rings. The lowest BCUT2D eigenvalue weighted by atomic mass is 9.83. The van der Waals surface area contributed by atoms with Crippen molar-refractivity contribution < 1.29 is 18.4 Å². The van der Waals surface area contributed by atoms with Crippen LogP contribution in [0.25, 0.3) is 38.9 Å². The molecule has 1 saturated carbocycles. The Morgan fingerprint density at radius 2 is 1.68 bits per heavy atom. The van der Waals surface area contributed by atoms with Crippen molar-refractivity contribution in [3.8, 4) is 17.2 Å². The molecule has 16 heteroatoms. The van der Waals surface area contributed by atoms with E-state index in [1.165, 1.54) is 5.56 Å². The van der Waals surface area contributed by atoms with Crippen molar-refractivity contribution in [3.05, 3.63) is 146 Å². The normalized spacial score (nSPS) is 18.1. The van der Waals surface area contributed by atoms with Gasteiger partial charge in [0.15, 0.2) is 5.82 Å². The van der Waals surface area contributed by atoms with Gasteiger partial charge in [0.1, 0.15) is 22.9 Å². The number of nitrogens with zero attached hydrogens (tertiary/aromatic N) is 9. The third-order valence-electron chi connectivity index (χ3n) is 13.0. The zero-order valence-corrected chi connectivity index (χ0v) is 34.7. The van der Waals surface area contributed by atoms with E-state index in [2.05, 4.69) is 52.4 Å². The Balaban J connectivity index is 1.03. The zero-order valence-electron chi connectivity index (χ0n) is 34.7. The Morgan fingerprint density at radius 1 is 0.903 bits per heavy atom. The number of aromatic amines is 1. The highest BCUT2D eigenvalue weighted by molar-refractivity contribution is 5.99. The van der Waals surface area contributed by atoms with E-state index in [1.54, 1.807) is 69.5 Å². The standard InChI is InChI=1S/C46H43FN10O5/c1-26-17-34(18-27(2)39(26)47)57-40(55-15-14-54(44(55)60)33-7-5-30-23-48-49-24-32(30)20-33)35-25-53(13-9-36(35)51-57)41(58)38-21-31-19-28(29-10-16-61-45(3,4)22-29)6-8-37(31)56(38)46(11-12-46)42-50-43(59)62-52-42/h5-8,14-15,17-21,23-24,29H,9-13,16,22,25H2,1-4H3,(H,50,52,59)/t29-/m0/s1. The summed E-state index contributed by atoms with van der Waals surface area (Å²) >= 11 is 0. The Bertz CT molecular complexity index is 3230. The number of nitrogens with one attached hydrogen (secondary N) is 1. The molecule has 62 heavy (non-hydrogen) atoms. The molecule has 2 fully saturated rings. The van der Waals surface area contributed by atoms with Gasteiger partial charge in [-0.1, -0.05) is 17.3 Å². The molecule has 0 bridgehead atoms. The van der Waals surface area contributed by atoms with E-state index < -0.39 is 11.3 Å². The maximum Gasteiger partial charge on any atom is 0.438 e. The molecule has 1 N–H and O–H groups in total. The summed E-state index contributed by atoms with van der Waals surface area (Å²) in [5.41, 5.74) is 4.68. The summed E-state index contributed by atoms with van der Waals surface area (Å²) in [6, 6.07) is 17.4. The first-order valence-corrected chi connectivity index (χ1v) is 20.9. The van der Waals surface area contributed by atoms with Gasteiger partial charge in [-0.3, -0.25) is 23.4 Å². The van der Waals surface area contributed by atoms with E-state index in [4.69, 9.17) is 14.4 Å². The molecule has 7 heterocycles. The summed E-state index contributed by atoms with van der Waals surface area (Å²) in [7, 11) is 0. The number of imidazole rings is 1. The molecular formula is C46H43FN10O5. The number of hydrogen-bond donors (Lipinski definition) is 1. The summed E-state index contributed by atoms with van der Waals surface area (Å²) in [4.78, 5) is 46.6. The number of amides is 1. The fourth-order valence-corrected chi connectivity index (χ4v) is 9.77. The maximum atomic E-state index is 15.2. The first kappa shape index (κ1) is 38.0. The van der Waals surface area contributed by atoms with Gasteiger partial charge in [0.2, 0.25) is 0 Å². The first-order valence-electron chi connectivity index (χ1n) is 20.9. The molecule has 0 radical (unpaired) electrons. The highest BCUT2D eigenvalue weighted by Gasteiger charge is 2.52. The van der Waals surface area contributed by atoms with E-state index in [0.29, 0.717) is 83.7 Å². The number of ether oxygens (including phenoxy) is 1. The van der Waals surface area contributed by atoms with E-state index in [9.17, 15) is 9.59 Å². The van der Waals surface area contributed by atoms with Gasteiger partial charge >= 0.3 is 11.4 Å². The second-order valence-electron chi connectivity index (χ2n) is 17.6. The average Bonchev–Trinajstić information content (AvgIpc) is 3.53. The Kier molecular flexibility index (Phi) is 8.45. The second-order valence-corrected chi connectivity index (χ2v) is 17.6. The van der Waals surface area contributed by atoms with Crippen molar-refractivity contribution in [2.75, 3.05) is 13.2 Å². The third-order valence-corrected chi connectivity index (χ3v) is 13.0. The van der Waals surface area contributed by atoms with Crippen LogP contribution in [0.2, 0.25) is 0 Å². The molecule has 0 unspecified atom stereocenters. The Morgan fingerprint density at radius 3 is 2.42 bits per heavy atom. The van der Waals surface area contributed by atoms with Crippen LogP contribution in [0.3, 0.4) is 0 Å². The number of fused-ring (bicyclic) bond motifs is 3. The van der Waals surface area contributed by atoms with Crippen molar-refractivity contribution in [1.82, 2.24) is 48.7 Å². The second kappa shape index (κ2) is 13.8. The number of carbonyl (C=O) groups is 1. The maximum absolute atomic E-state index is 15.2. The summed E-state index contributed by atoms with van der Waals surface area (Å²) in [5, 5.41) is 19.8. The van der Waals surface area contributed by atoms with Crippen molar-refractivity contribution in [1.29, 1.82) is 0 Å². The monoisotopic (exact) mass is 834 g/mol. The van der Waals surface area contributed by atoms with Crippen LogP contribution in [0.4, 0.5) is 4.39 Å². The molecule has 1 atom stereocenters. The average molecular weight is 835 g/mol. The number of rotatable bonds is 7. The summed E-state index contributed by atoms with van der Waals surface area (Å²) in [6.07, 6.45) is 10.2. The lowest BCUT2D eigenvalue weighted by Crippen LogP contribution is -2.38. The molecule has 15 nitrogen and oxygen atoms in total.